The van der Waals surface area contributed by atoms with E-state index in [9.17, 15) is 18.0 Å². The number of carbonyl (C=O) groups excluding carboxylic acids is 1. The van der Waals surface area contributed by atoms with Gasteiger partial charge in [0, 0.05) is 26.2 Å². The van der Waals surface area contributed by atoms with Gasteiger partial charge in [-0.05, 0) is 42.7 Å². The lowest BCUT2D eigenvalue weighted by Crippen LogP contribution is -2.58. The first-order valence-electron chi connectivity index (χ1n) is 12.0. The second-order valence-corrected chi connectivity index (χ2v) is 9.17. The molecule has 2 saturated heterocycles. The molecule has 4 rings (SSSR count). The SMILES string of the molecule is COc1ccc(COC[C@@H](OC(=O)N2CCC3(CC2)CN(c2ccc(N)cn2)CCO3)C(F)(F)F)cc1. The van der Waals surface area contributed by atoms with Crippen LogP contribution >= 0.6 is 0 Å². The van der Waals surface area contributed by atoms with Crippen LogP contribution in [0.4, 0.5) is 29.5 Å². The number of alkyl halides is 3. The molecule has 202 valence electrons. The number of aromatic nitrogens is 1. The number of hydrogen-bond acceptors (Lipinski definition) is 8. The molecule has 0 aliphatic carbocycles. The fraction of sp³-hybridized carbons (Fsp3) is 0.520. The van der Waals surface area contributed by atoms with Gasteiger partial charge in [-0.2, -0.15) is 13.2 Å². The van der Waals surface area contributed by atoms with Crippen molar-refractivity contribution in [1.29, 1.82) is 0 Å². The van der Waals surface area contributed by atoms with Crippen LogP contribution in [0.1, 0.15) is 18.4 Å². The second kappa shape index (κ2) is 11.4. The Balaban J connectivity index is 1.28. The molecular formula is C25H31F3N4O5. The number of piperidine rings is 1. The number of nitrogens with two attached hydrogens (primary N) is 1. The molecule has 1 amide bonds. The average Bonchev–Trinajstić information content (AvgIpc) is 2.89. The number of amides is 1. The van der Waals surface area contributed by atoms with Crippen LogP contribution < -0.4 is 15.4 Å². The number of pyridine rings is 1. The zero-order valence-corrected chi connectivity index (χ0v) is 20.6. The van der Waals surface area contributed by atoms with Gasteiger partial charge in [-0.25, -0.2) is 9.78 Å². The van der Waals surface area contributed by atoms with Gasteiger partial charge in [-0.15, -0.1) is 0 Å². The highest BCUT2D eigenvalue weighted by Crippen LogP contribution is 2.33. The van der Waals surface area contributed by atoms with Crippen LogP contribution in [0.25, 0.3) is 0 Å². The van der Waals surface area contributed by atoms with Crippen molar-refractivity contribution in [3.63, 3.8) is 0 Å². The van der Waals surface area contributed by atoms with Crippen molar-refractivity contribution < 1.29 is 36.9 Å². The van der Waals surface area contributed by atoms with Crippen molar-refractivity contribution in [2.45, 2.75) is 37.3 Å². The van der Waals surface area contributed by atoms with E-state index in [4.69, 9.17) is 24.7 Å². The number of ether oxygens (including phenoxy) is 4. The van der Waals surface area contributed by atoms with Gasteiger partial charge in [0.05, 0.1) is 44.4 Å². The Labute approximate surface area is 213 Å². The lowest BCUT2D eigenvalue weighted by atomic mass is 9.89. The van der Waals surface area contributed by atoms with Crippen LogP contribution in [0.5, 0.6) is 5.75 Å². The van der Waals surface area contributed by atoms with Crippen LogP contribution in [0, 0.1) is 0 Å². The second-order valence-electron chi connectivity index (χ2n) is 9.17. The molecule has 1 spiro atoms. The Bertz CT molecular complexity index is 1030. The van der Waals surface area contributed by atoms with E-state index in [0.29, 0.717) is 49.5 Å². The summed E-state index contributed by atoms with van der Waals surface area (Å²) in [5.74, 6) is 1.41. The third-order valence-electron chi connectivity index (χ3n) is 6.58. The van der Waals surface area contributed by atoms with Crippen LogP contribution in [0.15, 0.2) is 42.6 Å². The molecule has 0 radical (unpaired) electrons. The van der Waals surface area contributed by atoms with Gasteiger partial charge in [-0.3, -0.25) is 0 Å². The summed E-state index contributed by atoms with van der Waals surface area (Å²) >= 11 is 0. The minimum Gasteiger partial charge on any atom is -0.497 e. The van der Waals surface area contributed by atoms with E-state index in [-0.39, 0.29) is 19.7 Å². The van der Waals surface area contributed by atoms with Gasteiger partial charge in [0.1, 0.15) is 11.6 Å². The molecule has 1 aromatic heterocycles. The molecule has 2 aromatic rings. The van der Waals surface area contributed by atoms with E-state index >= 15 is 0 Å². The quantitative estimate of drug-likeness (QED) is 0.587. The fourth-order valence-electron chi connectivity index (χ4n) is 4.42. The molecule has 12 heteroatoms. The summed E-state index contributed by atoms with van der Waals surface area (Å²) in [6, 6.07) is 10.4. The van der Waals surface area contributed by atoms with Crippen LogP contribution in [0.3, 0.4) is 0 Å². The topological polar surface area (TPSA) is 99.4 Å². The highest BCUT2D eigenvalue weighted by Gasteiger charge is 2.46. The molecule has 0 bridgehead atoms. The van der Waals surface area contributed by atoms with E-state index in [1.807, 2.05) is 6.07 Å². The van der Waals surface area contributed by atoms with Crippen molar-refractivity contribution in [3.8, 4) is 5.75 Å². The summed E-state index contributed by atoms with van der Waals surface area (Å²) in [5, 5.41) is 0. The maximum absolute atomic E-state index is 13.6. The highest BCUT2D eigenvalue weighted by molar-refractivity contribution is 5.68. The predicted octanol–water partition coefficient (Wildman–Crippen LogP) is 3.63. The van der Waals surface area contributed by atoms with E-state index in [2.05, 4.69) is 9.88 Å². The number of nitrogen functional groups attached to an aromatic ring is 1. The summed E-state index contributed by atoms with van der Waals surface area (Å²) in [6.45, 7) is 1.30. The minimum absolute atomic E-state index is 0.0585. The summed E-state index contributed by atoms with van der Waals surface area (Å²) in [6.07, 6.45) is -5.61. The third-order valence-corrected chi connectivity index (χ3v) is 6.58. The molecule has 2 N–H and O–H groups in total. The van der Waals surface area contributed by atoms with Gasteiger partial charge < -0.3 is 34.5 Å². The molecule has 3 heterocycles. The number of rotatable bonds is 7. The Kier molecular flexibility index (Phi) is 8.28. The van der Waals surface area contributed by atoms with Crippen LogP contribution in [0.2, 0.25) is 0 Å². The highest BCUT2D eigenvalue weighted by atomic mass is 19.4. The smallest absolute Gasteiger partial charge is 0.427 e. The van der Waals surface area contributed by atoms with Gasteiger partial charge in [-0.1, -0.05) is 12.1 Å². The van der Waals surface area contributed by atoms with Gasteiger partial charge in [0.15, 0.2) is 0 Å². The summed E-state index contributed by atoms with van der Waals surface area (Å²) in [4.78, 5) is 20.4. The van der Waals surface area contributed by atoms with Crippen molar-refractivity contribution in [3.05, 3.63) is 48.2 Å². The number of carbonyl (C=O) groups is 1. The Morgan fingerprint density at radius 3 is 2.51 bits per heavy atom. The molecule has 1 aromatic carbocycles. The van der Waals surface area contributed by atoms with E-state index in [1.54, 1.807) is 36.5 Å². The first-order valence-corrected chi connectivity index (χ1v) is 12.0. The monoisotopic (exact) mass is 524 g/mol. The van der Waals surface area contributed by atoms with E-state index in [1.165, 1.54) is 12.0 Å². The predicted molar refractivity (Wildman–Crippen MR) is 129 cm³/mol. The zero-order chi connectivity index (χ0) is 26.5. The van der Waals surface area contributed by atoms with Crippen molar-refractivity contribution >= 4 is 17.6 Å². The van der Waals surface area contributed by atoms with Crippen LogP contribution in [-0.2, 0) is 20.8 Å². The maximum Gasteiger partial charge on any atom is 0.427 e. The molecule has 0 saturated carbocycles. The summed E-state index contributed by atoms with van der Waals surface area (Å²) in [7, 11) is 1.52. The summed E-state index contributed by atoms with van der Waals surface area (Å²) in [5.41, 5.74) is 6.45. The molecule has 37 heavy (non-hydrogen) atoms. The number of hydrogen-bond donors (Lipinski definition) is 1. The number of morpholine rings is 1. The number of benzene rings is 1. The molecule has 2 aliphatic rings. The molecule has 2 aliphatic heterocycles. The fourth-order valence-corrected chi connectivity index (χ4v) is 4.42. The molecule has 2 fully saturated rings. The molecular weight excluding hydrogens is 493 g/mol. The van der Waals surface area contributed by atoms with E-state index < -0.39 is 30.6 Å². The van der Waals surface area contributed by atoms with Crippen molar-refractivity contribution in [2.24, 2.45) is 0 Å². The van der Waals surface area contributed by atoms with Gasteiger partial charge in [0.25, 0.3) is 0 Å². The Hall–Kier alpha value is -3.25. The Morgan fingerprint density at radius 2 is 1.89 bits per heavy atom. The first kappa shape index (κ1) is 26.8. The van der Waals surface area contributed by atoms with Gasteiger partial charge >= 0.3 is 12.3 Å². The van der Waals surface area contributed by atoms with Crippen molar-refractivity contribution in [2.75, 3.05) is 57.1 Å². The average molecular weight is 525 g/mol. The standard InChI is InChI=1S/C25H31F3N4O5/c1-34-20-5-2-18(3-6-20)15-35-16-21(25(26,27)28)37-23(33)31-10-8-24(9-11-31)17-32(12-13-36-24)22-7-4-19(29)14-30-22/h2-7,14,21H,8-13,15-17,29H2,1H3/t21-/m1/s1. The third kappa shape index (κ3) is 6.95. The summed E-state index contributed by atoms with van der Waals surface area (Å²) < 4.78 is 61.9. The molecule has 0 unspecified atom stereocenters. The zero-order valence-electron chi connectivity index (χ0n) is 20.6. The number of halogens is 3. The molecule has 1 atom stereocenters. The molecule has 9 nitrogen and oxygen atoms in total. The number of likely N-dealkylation sites (tertiary alicyclic amines) is 1. The van der Waals surface area contributed by atoms with E-state index in [0.717, 1.165) is 5.82 Å². The first-order chi connectivity index (χ1) is 17.7. The lowest BCUT2D eigenvalue weighted by Gasteiger charge is -2.47. The largest absolute Gasteiger partial charge is 0.497 e. The van der Waals surface area contributed by atoms with Crippen LogP contribution in [-0.4, -0.2) is 80.4 Å². The number of methoxy groups -OCH3 is 1. The lowest BCUT2D eigenvalue weighted by molar-refractivity contribution is -0.220. The normalized spacial score (nSPS) is 18.5. The minimum atomic E-state index is -4.76. The van der Waals surface area contributed by atoms with Crippen molar-refractivity contribution in [1.82, 2.24) is 9.88 Å². The Morgan fingerprint density at radius 1 is 1.16 bits per heavy atom. The number of anilines is 2. The number of nitrogens with zero attached hydrogens (tertiary/aromatic N) is 3. The van der Waals surface area contributed by atoms with Gasteiger partial charge in [0.2, 0.25) is 6.10 Å². The maximum atomic E-state index is 13.6.